The molecule has 0 amide bonds. The van der Waals surface area contributed by atoms with Crippen LogP contribution in [-0.4, -0.2) is 47.4 Å². The molecule has 0 bridgehead atoms. The summed E-state index contributed by atoms with van der Waals surface area (Å²) in [4.78, 5) is 4.84. The van der Waals surface area contributed by atoms with Gasteiger partial charge in [0.1, 0.15) is 11.5 Å². The Balaban J connectivity index is 2.01. The second-order valence-corrected chi connectivity index (χ2v) is 8.04. The van der Waals surface area contributed by atoms with Gasteiger partial charge in [0, 0.05) is 24.7 Å². The summed E-state index contributed by atoms with van der Waals surface area (Å²) in [5.74, 6) is 1.92. The molecule has 2 aromatic carbocycles. The van der Waals surface area contributed by atoms with Gasteiger partial charge in [0.2, 0.25) is 0 Å². The van der Waals surface area contributed by atoms with Gasteiger partial charge in [0.25, 0.3) is 0 Å². The van der Waals surface area contributed by atoms with Crippen LogP contribution < -0.4 is 20.1 Å². The molecule has 2 N–H and O–H groups in total. The standard InChI is InChI=1S/C20H27N3O4S/c1-4-21-20(22-12-13-28(24,25)18-8-6-5-7-9-18)23-15-16-10-11-17(26-2)14-19(16)27-3/h5-11,14H,4,12-13,15H2,1-3H3,(H2,21,22,23). The van der Waals surface area contributed by atoms with Crippen molar-refractivity contribution >= 4 is 15.8 Å². The molecule has 0 radical (unpaired) electrons. The summed E-state index contributed by atoms with van der Waals surface area (Å²) >= 11 is 0. The Labute approximate surface area is 166 Å². The number of nitrogens with one attached hydrogen (secondary N) is 2. The molecule has 0 unspecified atom stereocenters. The van der Waals surface area contributed by atoms with Gasteiger partial charge >= 0.3 is 0 Å². The maximum absolute atomic E-state index is 12.4. The molecule has 0 saturated carbocycles. The van der Waals surface area contributed by atoms with Crippen LogP contribution in [-0.2, 0) is 16.4 Å². The fourth-order valence-electron chi connectivity index (χ4n) is 2.54. The number of nitrogens with zero attached hydrogens (tertiary/aromatic N) is 1. The minimum atomic E-state index is -3.34. The van der Waals surface area contributed by atoms with Crippen molar-refractivity contribution in [2.75, 3.05) is 33.1 Å². The topological polar surface area (TPSA) is 89.0 Å². The Bertz CT molecular complexity index is 884. The van der Waals surface area contributed by atoms with E-state index in [1.807, 2.05) is 19.1 Å². The molecular weight excluding hydrogens is 378 g/mol. The third-order valence-corrected chi connectivity index (χ3v) is 5.74. The van der Waals surface area contributed by atoms with Crippen LogP contribution in [0.25, 0.3) is 0 Å². The lowest BCUT2D eigenvalue weighted by atomic mass is 10.2. The first-order valence-electron chi connectivity index (χ1n) is 9.01. The first-order valence-corrected chi connectivity index (χ1v) is 10.7. The zero-order valence-corrected chi connectivity index (χ0v) is 17.3. The van der Waals surface area contributed by atoms with Crippen LogP contribution in [0.4, 0.5) is 0 Å². The van der Waals surface area contributed by atoms with Gasteiger partial charge in [-0.25, -0.2) is 13.4 Å². The van der Waals surface area contributed by atoms with Crippen molar-refractivity contribution in [2.24, 2.45) is 4.99 Å². The fourth-order valence-corrected chi connectivity index (χ4v) is 3.72. The molecule has 0 atom stereocenters. The van der Waals surface area contributed by atoms with E-state index in [1.165, 1.54) is 0 Å². The molecule has 0 fully saturated rings. The number of guanidine groups is 1. The predicted octanol–water partition coefficient (Wildman–Crippen LogP) is 2.23. The molecule has 2 rings (SSSR count). The summed E-state index contributed by atoms with van der Waals surface area (Å²) < 4.78 is 35.3. The number of ether oxygens (including phenoxy) is 2. The van der Waals surface area contributed by atoms with E-state index in [9.17, 15) is 8.42 Å². The summed E-state index contributed by atoms with van der Waals surface area (Å²) in [7, 11) is -0.138. The number of benzene rings is 2. The zero-order chi connectivity index (χ0) is 20.4. The maximum atomic E-state index is 12.4. The average molecular weight is 406 g/mol. The molecule has 0 aromatic heterocycles. The van der Waals surface area contributed by atoms with Gasteiger partial charge in [0.05, 0.1) is 31.4 Å². The van der Waals surface area contributed by atoms with E-state index in [0.29, 0.717) is 35.4 Å². The molecule has 0 heterocycles. The van der Waals surface area contributed by atoms with Gasteiger partial charge in [-0.15, -0.1) is 0 Å². The lowest BCUT2D eigenvalue weighted by molar-refractivity contribution is 0.391. The first kappa shape index (κ1) is 21.6. The van der Waals surface area contributed by atoms with Gasteiger partial charge in [-0.3, -0.25) is 0 Å². The Morgan fingerprint density at radius 2 is 1.79 bits per heavy atom. The number of rotatable bonds is 9. The van der Waals surface area contributed by atoms with E-state index in [-0.39, 0.29) is 12.3 Å². The summed E-state index contributed by atoms with van der Waals surface area (Å²) in [5.41, 5.74) is 0.900. The molecule has 0 spiro atoms. The molecule has 28 heavy (non-hydrogen) atoms. The molecule has 0 aliphatic rings. The van der Waals surface area contributed by atoms with Gasteiger partial charge in [-0.05, 0) is 31.2 Å². The van der Waals surface area contributed by atoms with E-state index in [4.69, 9.17) is 9.47 Å². The van der Waals surface area contributed by atoms with E-state index >= 15 is 0 Å². The number of sulfone groups is 1. The van der Waals surface area contributed by atoms with Crippen molar-refractivity contribution in [3.8, 4) is 11.5 Å². The van der Waals surface area contributed by atoms with Gasteiger partial charge in [0.15, 0.2) is 15.8 Å². The summed E-state index contributed by atoms with van der Waals surface area (Å²) in [5, 5.41) is 6.19. The fraction of sp³-hybridized carbons (Fsp3) is 0.350. The van der Waals surface area contributed by atoms with Gasteiger partial charge in [-0.2, -0.15) is 0 Å². The SMILES string of the molecule is CCNC(=NCc1ccc(OC)cc1OC)NCCS(=O)(=O)c1ccccc1. The number of hydrogen-bond acceptors (Lipinski definition) is 5. The Morgan fingerprint density at radius 3 is 2.43 bits per heavy atom. The monoisotopic (exact) mass is 405 g/mol. The smallest absolute Gasteiger partial charge is 0.191 e. The Morgan fingerprint density at radius 1 is 1.04 bits per heavy atom. The number of methoxy groups -OCH3 is 2. The van der Waals surface area contributed by atoms with E-state index in [2.05, 4.69) is 15.6 Å². The molecule has 0 aliphatic carbocycles. The number of hydrogen-bond donors (Lipinski definition) is 2. The van der Waals surface area contributed by atoms with Gasteiger partial charge < -0.3 is 20.1 Å². The van der Waals surface area contributed by atoms with E-state index < -0.39 is 9.84 Å². The van der Waals surface area contributed by atoms with Crippen molar-refractivity contribution in [1.29, 1.82) is 0 Å². The summed E-state index contributed by atoms with van der Waals surface area (Å²) in [6.45, 7) is 3.25. The largest absolute Gasteiger partial charge is 0.497 e. The highest BCUT2D eigenvalue weighted by Crippen LogP contribution is 2.25. The molecule has 152 valence electrons. The highest BCUT2D eigenvalue weighted by atomic mass is 32.2. The normalized spacial score (nSPS) is 11.8. The Hall–Kier alpha value is -2.74. The third-order valence-electron chi connectivity index (χ3n) is 4.01. The molecule has 7 nitrogen and oxygen atoms in total. The van der Waals surface area contributed by atoms with Crippen LogP contribution in [0, 0.1) is 0 Å². The van der Waals surface area contributed by atoms with Crippen LogP contribution in [0.2, 0.25) is 0 Å². The quantitative estimate of drug-likeness (QED) is 0.491. The third kappa shape index (κ3) is 6.16. The lowest BCUT2D eigenvalue weighted by Gasteiger charge is -2.13. The lowest BCUT2D eigenvalue weighted by Crippen LogP contribution is -2.39. The molecule has 0 saturated heterocycles. The van der Waals surface area contributed by atoms with Crippen LogP contribution >= 0.6 is 0 Å². The van der Waals surface area contributed by atoms with Crippen LogP contribution in [0.3, 0.4) is 0 Å². The second kappa shape index (κ2) is 10.6. The van der Waals surface area contributed by atoms with Crippen molar-refractivity contribution in [3.63, 3.8) is 0 Å². The van der Waals surface area contributed by atoms with Crippen LogP contribution in [0.1, 0.15) is 12.5 Å². The van der Waals surface area contributed by atoms with Crippen molar-refractivity contribution in [3.05, 3.63) is 54.1 Å². The van der Waals surface area contributed by atoms with Crippen molar-refractivity contribution in [2.45, 2.75) is 18.4 Å². The first-order chi connectivity index (χ1) is 13.5. The molecule has 0 aliphatic heterocycles. The summed E-state index contributed by atoms with van der Waals surface area (Å²) in [6, 6.07) is 14.0. The minimum absolute atomic E-state index is 0.0206. The predicted molar refractivity (Wildman–Crippen MR) is 111 cm³/mol. The molecule has 2 aromatic rings. The number of aliphatic imine (C=N–C) groups is 1. The zero-order valence-electron chi connectivity index (χ0n) is 16.4. The Kier molecular flexibility index (Phi) is 8.13. The van der Waals surface area contributed by atoms with Crippen molar-refractivity contribution in [1.82, 2.24) is 10.6 Å². The van der Waals surface area contributed by atoms with Gasteiger partial charge in [-0.1, -0.05) is 18.2 Å². The van der Waals surface area contributed by atoms with Crippen molar-refractivity contribution < 1.29 is 17.9 Å². The maximum Gasteiger partial charge on any atom is 0.191 e. The minimum Gasteiger partial charge on any atom is -0.497 e. The molecule has 8 heteroatoms. The van der Waals surface area contributed by atoms with E-state index in [1.54, 1.807) is 50.6 Å². The second-order valence-electron chi connectivity index (χ2n) is 5.93. The molecular formula is C20H27N3O4S. The summed E-state index contributed by atoms with van der Waals surface area (Å²) in [6.07, 6.45) is 0. The van der Waals surface area contributed by atoms with Crippen LogP contribution in [0.5, 0.6) is 11.5 Å². The highest BCUT2D eigenvalue weighted by molar-refractivity contribution is 7.91. The van der Waals surface area contributed by atoms with E-state index in [0.717, 1.165) is 5.56 Å². The average Bonchev–Trinajstić information content (AvgIpc) is 2.72. The highest BCUT2D eigenvalue weighted by Gasteiger charge is 2.13. The van der Waals surface area contributed by atoms with Crippen LogP contribution in [0.15, 0.2) is 58.4 Å².